The Hall–Kier alpha value is -0.0200. The number of hydrogen-bond donors (Lipinski definition) is 1. The van der Waals surface area contributed by atoms with Crippen molar-refractivity contribution in [2.45, 2.75) is 33.3 Å². The summed E-state index contributed by atoms with van der Waals surface area (Å²) in [5, 5.41) is 9.39. The number of aliphatic hydroxyl groups excluding tert-OH is 1. The van der Waals surface area contributed by atoms with Crippen LogP contribution in [-0.2, 0) is 4.79 Å². The van der Waals surface area contributed by atoms with E-state index in [9.17, 15) is 9.90 Å². The second-order valence-electron chi connectivity index (χ2n) is 2.52. The van der Waals surface area contributed by atoms with Crippen LogP contribution in [0.5, 0.6) is 0 Å². The van der Waals surface area contributed by atoms with Crippen molar-refractivity contribution < 1.29 is 9.90 Å². The van der Waals surface area contributed by atoms with Crippen LogP contribution >= 0.6 is 11.8 Å². The van der Waals surface area contributed by atoms with Crippen LogP contribution in [0.4, 0.5) is 0 Å². The zero-order chi connectivity index (χ0) is 8.85. The molecule has 3 heteroatoms. The van der Waals surface area contributed by atoms with Gasteiger partial charge in [-0.05, 0) is 12.2 Å². The van der Waals surface area contributed by atoms with Gasteiger partial charge >= 0.3 is 0 Å². The fourth-order valence-corrected chi connectivity index (χ4v) is 1.49. The van der Waals surface area contributed by atoms with Gasteiger partial charge in [-0.1, -0.05) is 32.5 Å². The highest BCUT2D eigenvalue weighted by Gasteiger charge is 2.19. The second kappa shape index (κ2) is 5.61. The summed E-state index contributed by atoms with van der Waals surface area (Å²) in [5.41, 5.74) is 0. The van der Waals surface area contributed by atoms with Gasteiger partial charge in [0.15, 0.2) is 5.12 Å². The van der Waals surface area contributed by atoms with Gasteiger partial charge in [0.05, 0.1) is 12.0 Å². The van der Waals surface area contributed by atoms with E-state index >= 15 is 0 Å². The van der Waals surface area contributed by atoms with E-state index < -0.39 is 6.10 Å². The van der Waals surface area contributed by atoms with Gasteiger partial charge in [-0.3, -0.25) is 4.79 Å². The summed E-state index contributed by atoms with van der Waals surface area (Å²) in [6.45, 7) is 5.60. The molecule has 0 fully saturated rings. The van der Waals surface area contributed by atoms with Crippen molar-refractivity contribution in [1.82, 2.24) is 0 Å². The normalized spacial score (nSPS) is 16.0. The largest absolute Gasteiger partial charge is 0.392 e. The van der Waals surface area contributed by atoms with E-state index in [1.54, 1.807) is 6.92 Å². The Bertz CT molecular complexity index is 125. The summed E-state index contributed by atoms with van der Waals surface area (Å²) in [7, 11) is 0. The lowest BCUT2D eigenvalue weighted by molar-refractivity contribution is -0.116. The summed E-state index contributed by atoms with van der Waals surface area (Å²) in [6, 6.07) is 0. The predicted molar refractivity (Wildman–Crippen MR) is 48.6 cm³/mol. The molecule has 0 aromatic heterocycles. The molecule has 0 aliphatic heterocycles. The molecule has 0 amide bonds. The zero-order valence-corrected chi connectivity index (χ0v) is 8.15. The maximum atomic E-state index is 11.1. The minimum Gasteiger partial charge on any atom is -0.392 e. The molecule has 0 spiro atoms. The molecule has 0 heterocycles. The number of hydrogen-bond acceptors (Lipinski definition) is 3. The average molecular weight is 176 g/mol. The molecule has 2 atom stereocenters. The van der Waals surface area contributed by atoms with Crippen molar-refractivity contribution in [2.24, 2.45) is 5.92 Å². The third-order valence-electron chi connectivity index (χ3n) is 1.65. The van der Waals surface area contributed by atoms with Crippen LogP contribution in [-0.4, -0.2) is 22.1 Å². The standard InChI is InChI=1S/C8H16O2S/c1-4-7(9)6(3)8(10)11-5-2/h6-7,9H,4-5H2,1-3H3/t6-,7-/m0/s1. The molecule has 0 saturated carbocycles. The SMILES string of the molecule is CCSC(=O)[C@@H](C)[C@@H](O)CC. The van der Waals surface area contributed by atoms with Gasteiger partial charge in [0.2, 0.25) is 0 Å². The Balaban J connectivity index is 3.80. The number of carbonyl (C=O) groups is 1. The fourth-order valence-electron chi connectivity index (χ4n) is 0.784. The Morgan fingerprint density at radius 1 is 1.55 bits per heavy atom. The second-order valence-corrected chi connectivity index (χ2v) is 3.78. The zero-order valence-electron chi connectivity index (χ0n) is 7.33. The summed E-state index contributed by atoms with van der Waals surface area (Å²) in [6.07, 6.45) is 0.179. The molecule has 0 rings (SSSR count). The van der Waals surface area contributed by atoms with Crippen molar-refractivity contribution in [2.75, 3.05) is 5.75 Å². The van der Waals surface area contributed by atoms with Gasteiger partial charge in [0, 0.05) is 0 Å². The molecule has 0 bridgehead atoms. The smallest absolute Gasteiger partial charge is 0.194 e. The predicted octanol–water partition coefficient (Wildman–Crippen LogP) is 1.67. The number of aliphatic hydroxyl groups is 1. The van der Waals surface area contributed by atoms with Crippen molar-refractivity contribution in [1.29, 1.82) is 0 Å². The quantitative estimate of drug-likeness (QED) is 0.708. The first-order chi connectivity index (χ1) is 5.13. The topological polar surface area (TPSA) is 37.3 Å². The average Bonchev–Trinajstić information content (AvgIpc) is 2.02. The molecule has 2 nitrogen and oxygen atoms in total. The molecule has 0 unspecified atom stereocenters. The van der Waals surface area contributed by atoms with Crippen LogP contribution in [0.3, 0.4) is 0 Å². The molecule has 0 aromatic carbocycles. The fraction of sp³-hybridized carbons (Fsp3) is 0.875. The maximum Gasteiger partial charge on any atom is 0.194 e. The van der Waals surface area contributed by atoms with Crippen LogP contribution in [0.15, 0.2) is 0 Å². The number of thioether (sulfide) groups is 1. The summed E-state index contributed by atoms with van der Waals surface area (Å²) in [5.74, 6) is 0.574. The van der Waals surface area contributed by atoms with Crippen LogP contribution < -0.4 is 0 Å². The Morgan fingerprint density at radius 2 is 2.09 bits per heavy atom. The third-order valence-corrected chi connectivity index (χ3v) is 2.60. The van der Waals surface area contributed by atoms with Gasteiger partial charge < -0.3 is 5.11 Å². The van der Waals surface area contributed by atoms with E-state index in [0.29, 0.717) is 6.42 Å². The molecule has 0 radical (unpaired) electrons. The minimum atomic E-state index is -0.471. The van der Waals surface area contributed by atoms with Crippen molar-refractivity contribution in [3.8, 4) is 0 Å². The van der Waals surface area contributed by atoms with Crippen LogP contribution in [0.25, 0.3) is 0 Å². The third kappa shape index (κ3) is 3.77. The molecule has 0 aliphatic carbocycles. The Morgan fingerprint density at radius 3 is 2.45 bits per heavy atom. The highest BCUT2D eigenvalue weighted by atomic mass is 32.2. The van der Waals surface area contributed by atoms with E-state index in [1.165, 1.54) is 11.8 Å². The van der Waals surface area contributed by atoms with E-state index in [0.717, 1.165) is 5.75 Å². The van der Waals surface area contributed by atoms with E-state index in [2.05, 4.69) is 0 Å². The van der Waals surface area contributed by atoms with Gasteiger partial charge in [-0.15, -0.1) is 0 Å². The molecule has 1 N–H and O–H groups in total. The van der Waals surface area contributed by atoms with Crippen LogP contribution in [0.1, 0.15) is 27.2 Å². The van der Waals surface area contributed by atoms with Crippen molar-refractivity contribution >= 4 is 16.9 Å². The van der Waals surface area contributed by atoms with E-state index in [-0.39, 0.29) is 11.0 Å². The number of carbonyl (C=O) groups excluding carboxylic acids is 1. The van der Waals surface area contributed by atoms with Gasteiger partial charge in [-0.2, -0.15) is 0 Å². The molecular formula is C8H16O2S. The molecule has 0 saturated heterocycles. The first kappa shape index (κ1) is 11.0. The lowest BCUT2D eigenvalue weighted by Crippen LogP contribution is -2.22. The van der Waals surface area contributed by atoms with Gasteiger partial charge in [0.25, 0.3) is 0 Å². The molecule has 66 valence electrons. The van der Waals surface area contributed by atoms with Gasteiger partial charge in [0.1, 0.15) is 0 Å². The molecular weight excluding hydrogens is 160 g/mol. The lowest BCUT2D eigenvalue weighted by Gasteiger charge is -2.14. The first-order valence-electron chi connectivity index (χ1n) is 3.98. The summed E-state index contributed by atoms with van der Waals surface area (Å²) in [4.78, 5) is 11.1. The maximum absolute atomic E-state index is 11.1. The van der Waals surface area contributed by atoms with Gasteiger partial charge in [-0.25, -0.2) is 0 Å². The Labute approximate surface area is 72.4 Å². The first-order valence-corrected chi connectivity index (χ1v) is 4.96. The lowest BCUT2D eigenvalue weighted by atomic mass is 10.1. The minimum absolute atomic E-state index is 0.0989. The monoisotopic (exact) mass is 176 g/mol. The highest BCUT2D eigenvalue weighted by Crippen LogP contribution is 2.15. The summed E-state index contributed by atoms with van der Waals surface area (Å²) < 4.78 is 0. The molecule has 11 heavy (non-hydrogen) atoms. The van der Waals surface area contributed by atoms with Crippen LogP contribution in [0.2, 0.25) is 0 Å². The molecule has 0 aliphatic rings. The Kier molecular flexibility index (Phi) is 5.60. The van der Waals surface area contributed by atoms with Crippen molar-refractivity contribution in [3.05, 3.63) is 0 Å². The van der Waals surface area contributed by atoms with E-state index in [1.807, 2.05) is 13.8 Å². The van der Waals surface area contributed by atoms with Crippen molar-refractivity contribution in [3.63, 3.8) is 0 Å². The van der Waals surface area contributed by atoms with E-state index in [4.69, 9.17) is 0 Å². The highest BCUT2D eigenvalue weighted by molar-refractivity contribution is 8.13. The van der Waals surface area contributed by atoms with Crippen LogP contribution in [0, 0.1) is 5.92 Å². The number of rotatable bonds is 4. The molecule has 0 aromatic rings. The summed E-state index contributed by atoms with van der Waals surface area (Å²) >= 11 is 1.28.